The number of aliphatic hydroxyl groups is 1. The molecule has 1 unspecified atom stereocenters. The van der Waals surface area contributed by atoms with Gasteiger partial charge in [-0.05, 0) is 73.3 Å². The first-order valence-corrected chi connectivity index (χ1v) is 15.5. The number of carbonyl (C=O) groups is 2. The SMILES string of the molecule is COc1cc(C#N)c(OC2CCC(C)(C(=O)OCc3cccc4ccccc34)CC2)cc1C(O)N[C@H]1[C@@H](C(=O)O)[C@@H]2C=C[C@H]1C2. The molecule has 0 aromatic heterocycles. The monoisotopic (exact) mass is 610 g/mol. The zero-order valence-corrected chi connectivity index (χ0v) is 25.4. The molecular weight excluding hydrogens is 572 g/mol. The molecule has 3 aliphatic rings. The van der Waals surface area contributed by atoms with Crippen molar-refractivity contribution in [3.63, 3.8) is 0 Å². The Hall–Kier alpha value is -4.39. The lowest BCUT2D eigenvalue weighted by molar-refractivity contribution is -0.159. The average Bonchev–Trinajstić information content (AvgIpc) is 3.66. The molecule has 0 heterocycles. The minimum atomic E-state index is -1.24. The van der Waals surface area contributed by atoms with E-state index in [2.05, 4.69) is 11.4 Å². The molecule has 9 nitrogen and oxygen atoms in total. The highest BCUT2D eigenvalue weighted by molar-refractivity contribution is 5.86. The van der Waals surface area contributed by atoms with E-state index in [4.69, 9.17) is 14.2 Å². The third kappa shape index (κ3) is 6.00. The van der Waals surface area contributed by atoms with E-state index in [9.17, 15) is 25.1 Å². The van der Waals surface area contributed by atoms with Crippen molar-refractivity contribution in [2.24, 2.45) is 23.2 Å². The molecule has 2 bridgehead atoms. The Bertz CT molecular complexity index is 1660. The predicted molar refractivity (Wildman–Crippen MR) is 166 cm³/mol. The van der Waals surface area contributed by atoms with E-state index in [1.54, 1.807) is 6.07 Å². The standard InChI is InChI=1S/C36H38N2O7/c1-36(35(42)44-20-24-8-5-7-21-6-3-4-9-27(21)24)14-12-26(13-15-36)45-29-18-28(30(43-2)17-25(29)19-37)33(39)38-32-23-11-10-22(16-23)31(32)34(40)41/h3-11,17-18,22-23,26,31-33,38-39H,12-16,20H2,1-2H3,(H,40,41)/t22-,23+,26?,31+,32-,33?,36?/m1/s1. The number of carbonyl (C=O) groups excluding carboxylic acids is 1. The van der Waals surface area contributed by atoms with E-state index in [1.807, 2.05) is 61.5 Å². The summed E-state index contributed by atoms with van der Waals surface area (Å²) in [6.07, 6.45) is 5.52. The van der Waals surface area contributed by atoms with Crippen LogP contribution in [0.5, 0.6) is 11.5 Å². The lowest BCUT2D eigenvalue weighted by atomic mass is 9.74. The van der Waals surface area contributed by atoms with Crippen molar-refractivity contribution in [2.75, 3.05) is 7.11 Å². The summed E-state index contributed by atoms with van der Waals surface area (Å²) in [5.41, 5.74) is 0.939. The number of allylic oxidation sites excluding steroid dienone is 1. The molecule has 3 N–H and O–H groups in total. The third-order valence-corrected chi connectivity index (χ3v) is 9.90. The van der Waals surface area contributed by atoms with Crippen LogP contribution in [0.2, 0.25) is 0 Å². The smallest absolute Gasteiger partial charge is 0.312 e. The number of methoxy groups -OCH3 is 1. The maximum Gasteiger partial charge on any atom is 0.312 e. The summed E-state index contributed by atoms with van der Waals surface area (Å²) < 4.78 is 17.6. The largest absolute Gasteiger partial charge is 0.496 e. The number of esters is 1. The van der Waals surface area contributed by atoms with Crippen LogP contribution < -0.4 is 14.8 Å². The van der Waals surface area contributed by atoms with Gasteiger partial charge in [0.15, 0.2) is 0 Å². The van der Waals surface area contributed by atoms with Crippen LogP contribution in [0.4, 0.5) is 0 Å². The fourth-order valence-electron chi connectivity index (χ4n) is 7.28. The second kappa shape index (κ2) is 12.5. The van der Waals surface area contributed by atoms with Crippen LogP contribution in [-0.4, -0.2) is 41.4 Å². The van der Waals surface area contributed by atoms with E-state index < -0.39 is 29.6 Å². The summed E-state index contributed by atoms with van der Waals surface area (Å²) in [7, 11) is 1.45. The third-order valence-electron chi connectivity index (χ3n) is 9.90. The number of benzene rings is 3. The fraction of sp³-hybridized carbons (Fsp3) is 0.417. The zero-order chi connectivity index (χ0) is 31.7. The van der Waals surface area contributed by atoms with Gasteiger partial charge in [0.1, 0.15) is 30.4 Å². The molecule has 0 amide bonds. The number of nitrogens with one attached hydrogen (secondary N) is 1. The Morgan fingerprint density at radius 1 is 1.07 bits per heavy atom. The van der Waals surface area contributed by atoms with Crippen molar-refractivity contribution < 1.29 is 34.0 Å². The molecule has 2 fully saturated rings. The molecule has 0 aliphatic heterocycles. The van der Waals surface area contributed by atoms with E-state index >= 15 is 0 Å². The van der Waals surface area contributed by atoms with Crippen molar-refractivity contribution in [1.29, 1.82) is 5.26 Å². The summed E-state index contributed by atoms with van der Waals surface area (Å²) in [6, 6.07) is 18.8. The molecule has 2 saturated carbocycles. The molecule has 0 saturated heterocycles. The van der Waals surface area contributed by atoms with Crippen molar-refractivity contribution in [3.8, 4) is 17.6 Å². The summed E-state index contributed by atoms with van der Waals surface area (Å²) in [5, 5.41) is 36.2. The lowest BCUT2D eigenvalue weighted by Crippen LogP contribution is -2.44. The van der Waals surface area contributed by atoms with E-state index in [1.165, 1.54) is 13.2 Å². The Labute approximate surface area is 262 Å². The summed E-state index contributed by atoms with van der Waals surface area (Å²) in [4.78, 5) is 25.2. The molecule has 45 heavy (non-hydrogen) atoms. The highest BCUT2D eigenvalue weighted by atomic mass is 16.5. The van der Waals surface area contributed by atoms with Gasteiger partial charge in [-0.2, -0.15) is 5.26 Å². The molecule has 9 heteroatoms. The maximum atomic E-state index is 13.2. The van der Waals surface area contributed by atoms with Crippen LogP contribution >= 0.6 is 0 Å². The van der Waals surface area contributed by atoms with Gasteiger partial charge in [0.05, 0.1) is 30.1 Å². The number of aliphatic carboxylic acids is 1. The first-order chi connectivity index (χ1) is 21.7. The lowest BCUT2D eigenvalue weighted by Gasteiger charge is -2.35. The van der Waals surface area contributed by atoms with E-state index in [0.29, 0.717) is 42.7 Å². The van der Waals surface area contributed by atoms with Crippen LogP contribution in [0.1, 0.15) is 61.9 Å². The van der Waals surface area contributed by atoms with Gasteiger partial charge in [-0.15, -0.1) is 0 Å². The molecule has 3 aliphatic carbocycles. The zero-order valence-electron chi connectivity index (χ0n) is 25.4. The minimum absolute atomic E-state index is 0.0149. The van der Waals surface area contributed by atoms with Gasteiger partial charge in [-0.3, -0.25) is 14.9 Å². The van der Waals surface area contributed by atoms with Gasteiger partial charge >= 0.3 is 11.9 Å². The highest BCUT2D eigenvalue weighted by Gasteiger charge is 2.49. The number of ether oxygens (including phenoxy) is 3. The van der Waals surface area contributed by atoms with Crippen molar-refractivity contribution >= 4 is 22.7 Å². The fourth-order valence-corrected chi connectivity index (χ4v) is 7.28. The topological polar surface area (TPSA) is 138 Å². The van der Waals surface area contributed by atoms with Gasteiger partial charge in [-0.1, -0.05) is 54.6 Å². The van der Waals surface area contributed by atoms with Gasteiger partial charge < -0.3 is 24.4 Å². The maximum absolute atomic E-state index is 13.2. The normalized spacial score (nSPS) is 27.6. The number of rotatable bonds is 10. The number of nitrogens with zero attached hydrogens (tertiary/aromatic N) is 1. The second-order valence-corrected chi connectivity index (χ2v) is 12.7. The van der Waals surface area contributed by atoms with Crippen molar-refractivity contribution in [3.05, 3.63) is 83.4 Å². The first kappa shape index (κ1) is 30.6. The predicted octanol–water partition coefficient (Wildman–Crippen LogP) is 5.65. The summed E-state index contributed by atoms with van der Waals surface area (Å²) >= 11 is 0. The van der Waals surface area contributed by atoms with Crippen molar-refractivity contribution in [2.45, 2.75) is 64.0 Å². The van der Waals surface area contributed by atoms with E-state index in [-0.39, 0.29) is 36.1 Å². The number of hydrogen-bond acceptors (Lipinski definition) is 8. The molecule has 3 aromatic rings. The molecule has 5 atom stereocenters. The molecule has 3 aromatic carbocycles. The van der Waals surface area contributed by atoms with Crippen LogP contribution in [0.15, 0.2) is 66.7 Å². The van der Waals surface area contributed by atoms with Crippen LogP contribution in [-0.2, 0) is 20.9 Å². The van der Waals surface area contributed by atoms with Gasteiger partial charge in [0.25, 0.3) is 0 Å². The number of carboxylic acid groups (broad SMARTS) is 1. The van der Waals surface area contributed by atoms with Crippen LogP contribution in [0, 0.1) is 34.5 Å². The Morgan fingerprint density at radius 3 is 2.53 bits per heavy atom. The molecular formula is C36H38N2O7. The quantitative estimate of drug-likeness (QED) is 0.151. The van der Waals surface area contributed by atoms with Gasteiger partial charge in [0, 0.05) is 17.7 Å². The molecule has 234 valence electrons. The van der Waals surface area contributed by atoms with E-state index in [0.717, 1.165) is 22.8 Å². The highest BCUT2D eigenvalue weighted by Crippen LogP contribution is 2.45. The average molecular weight is 611 g/mol. The number of hydrogen-bond donors (Lipinski definition) is 3. The molecule has 0 spiro atoms. The number of aliphatic hydroxyl groups excluding tert-OH is 1. The molecule has 0 radical (unpaired) electrons. The Kier molecular flexibility index (Phi) is 8.54. The summed E-state index contributed by atoms with van der Waals surface area (Å²) in [5.74, 6) is -1.20. The minimum Gasteiger partial charge on any atom is -0.496 e. The number of fused-ring (bicyclic) bond motifs is 3. The summed E-state index contributed by atoms with van der Waals surface area (Å²) in [6.45, 7) is 2.14. The van der Waals surface area contributed by atoms with Crippen molar-refractivity contribution in [1.82, 2.24) is 5.32 Å². The van der Waals surface area contributed by atoms with Gasteiger partial charge in [0.2, 0.25) is 0 Å². The number of nitriles is 1. The molecule has 6 rings (SSSR count). The Morgan fingerprint density at radius 2 is 1.80 bits per heavy atom. The number of carboxylic acids is 1. The Balaban J connectivity index is 1.11. The second-order valence-electron chi connectivity index (χ2n) is 12.7. The van der Waals surface area contributed by atoms with Gasteiger partial charge in [-0.25, -0.2) is 0 Å². The van der Waals surface area contributed by atoms with Crippen LogP contribution in [0.25, 0.3) is 10.8 Å². The first-order valence-electron chi connectivity index (χ1n) is 15.5. The van der Waals surface area contributed by atoms with Crippen LogP contribution in [0.3, 0.4) is 0 Å².